The molecule has 1 aliphatic rings. The first-order valence-corrected chi connectivity index (χ1v) is 9.02. The van der Waals surface area contributed by atoms with Crippen LogP contribution in [-0.2, 0) is 0 Å². The van der Waals surface area contributed by atoms with Crippen LogP contribution in [0.5, 0.6) is 5.75 Å². The van der Waals surface area contributed by atoms with Crippen molar-refractivity contribution in [1.29, 1.82) is 0 Å². The molecule has 0 aliphatic carbocycles. The van der Waals surface area contributed by atoms with Crippen molar-refractivity contribution < 1.29 is 9.15 Å². The molecule has 3 aromatic heterocycles. The molecule has 1 aromatic carbocycles. The third kappa shape index (κ3) is 2.61. The molecular weight excluding hydrogens is 338 g/mol. The van der Waals surface area contributed by atoms with Crippen LogP contribution in [0.25, 0.3) is 27.2 Å². The molecule has 25 heavy (non-hydrogen) atoms. The maximum Gasteiger partial charge on any atom is 0.345 e. The number of thiazole rings is 1. The monoisotopic (exact) mass is 353 g/mol. The van der Waals surface area contributed by atoms with Gasteiger partial charge in [0.25, 0.3) is 0 Å². The van der Waals surface area contributed by atoms with Crippen molar-refractivity contribution in [2.75, 3.05) is 13.1 Å². The first-order chi connectivity index (χ1) is 12.3. The van der Waals surface area contributed by atoms with Crippen LogP contribution in [0.3, 0.4) is 0 Å². The zero-order chi connectivity index (χ0) is 16.8. The third-order valence-electron chi connectivity index (χ3n) is 4.39. The first kappa shape index (κ1) is 14.7. The van der Waals surface area contributed by atoms with Crippen molar-refractivity contribution >= 4 is 27.3 Å². The van der Waals surface area contributed by atoms with Gasteiger partial charge in [-0.05, 0) is 31.2 Å². The Hall–Kier alpha value is -2.64. The summed E-state index contributed by atoms with van der Waals surface area (Å²) in [5.74, 6) is 0.722. The number of hydrogen-bond acceptors (Lipinski definition) is 6. The molecule has 1 N–H and O–H groups in total. The number of rotatable bonds is 3. The van der Waals surface area contributed by atoms with Gasteiger partial charge in [-0.2, -0.15) is 0 Å². The average Bonchev–Trinajstić information content (AvgIpc) is 3.31. The van der Waals surface area contributed by atoms with E-state index in [1.54, 1.807) is 6.07 Å². The minimum atomic E-state index is -0.391. The van der Waals surface area contributed by atoms with E-state index in [0.29, 0.717) is 16.8 Å². The summed E-state index contributed by atoms with van der Waals surface area (Å²) in [4.78, 5) is 17.8. The Morgan fingerprint density at radius 2 is 2.32 bits per heavy atom. The molecule has 1 atom stereocenters. The van der Waals surface area contributed by atoms with Gasteiger partial charge in [-0.3, -0.25) is 4.40 Å². The minimum absolute atomic E-state index is 0.168. The van der Waals surface area contributed by atoms with Crippen LogP contribution in [0.15, 0.2) is 51.3 Å². The number of aromatic nitrogens is 2. The van der Waals surface area contributed by atoms with Gasteiger partial charge < -0.3 is 14.5 Å². The molecule has 1 aliphatic heterocycles. The summed E-state index contributed by atoms with van der Waals surface area (Å²) < 4.78 is 13.4. The lowest BCUT2D eigenvalue weighted by Crippen LogP contribution is -2.19. The van der Waals surface area contributed by atoms with Crippen molar-refractivity contribution in [2.24, 2.45) is 0 Å². The van der Waals surface area contributed by atoms with Gasteiger partial charge in [-0.15, -0.1) is 11.3 Å². The SMILES string of the molecule is O=c1oc2cc(OC3CCNC3)ccc2cc1-c1cn2ccsc2n1. The van der Waals surface area contributed by atoms with Crippen LogP contribution in [0, 0.1) is 0 Å². The second-order valence-electron chi connectivity index (χ2n) is 6.10. The molecule has 1 saturated heterocycles. The Bertz CT molecular complexity index is 1090. The van der Waals surface area contributed by atoms with E-state index in [1.165, 1.54) is 11.3 Å². The normalized spacial score (nSPS) is 17.5. The first-order valence-electron chi connectivity index (χ1n) is 8.14. The highest BCUT2D eigenvalue weighted by Gasteiger charge is 2.17. The topological polar surface area (TPSA) is 68.8 Å². The quantitative estimate of drug-likeness (QED) is 0.574. The van der Waals surface area contributed by atoms with Crippen LogP contribution in [0.1, 0.15) is 6.42 Å². The molecule has 7 heteroatoms. The van der Waals surface area contributed by atoms with Crippen molar-refractivity contribution in [2.45, 2.75) is 12.5 Å². The Morgan fingerprint density at radius 3 is 3.16 bits per heavy atom. The van der Waals surface area contributed by atoms with Crippen molar-refractivity contribution in [3.05, 3.63) is 52.5 Å². The summed E-state index contributed by atoms with van der Waals surface area (Å²) in [6, 6.07) is 7.44. The Labute approximate surface area is 146 Å². The smallest absolute Gasteiger partial charge is 0.345 e. The van der Waals surface area contributed by atoms with E-state index in [2.05, 4.69) is 10.3 Å². The van der Waals surface area contributed by atoms with Crippen LogP contribution < -0.4 is 15.7 Å². The van der Waals surface area contributed by atoms with E-state index < -0.39 is 5.63 Å². The van der Waals surface area contributed by atoms with Gasteiger partial charge in [-0.25, -0.2) is 9.78 Å². The second kappa shape index (κ2) is 5.72. The van der Waals surface area contributed by atoms with Crippen LogP contribution in [0.2, 0.25) is 0 Å². The molecular formula is C18H15N3O3S. The Morgan fingerprint density at radius 1 is 1.36 bits per heavy atom. The molecule has 0 spiro atoms. The number of benzene rings is 1. The minimum Gasteiger partial charge on any atom is -0.489 e. The van der Waals surface area contributed by atoms with Gasteiger partial charge in [0.1, 0.15) is 17.4 Å². The van der Waals surface area contributed by atoms with E-state index in [9.17, 15) is 4.79 Å². The zero-order valence-corrected chi connectivity index (χ0v) is 14.1. The van der Waals surface area contributed by atoms with E-state index in [0.717, 1.165) is 35.6 Å². The maximum absolute atomic E-state index is 12.4. The van der Waals surface area contributed by atoms with E-state index >= 15 is 0 Å². The maximum atomic E-state index is 12.4. The van der Waals surface area contributed by atoms with Crippen molar-refractivity contribution in [3.8, 4) is 17.0 Å². The number of fused-ring (bicyclic) bond motifs is 2. The van der Waals surface area contributed by atoms with Gasteiger partial charge in [0.15, 0.2) is 4.96 Å². The lowest BCUT2D eigenvalue weighted by molar-refractivity contribution is 0.223. The highest BCUT2D eigenvalue weighted by Crippen LogP contribution is 2.26. The van der Waals surface area contributed by atoms with Gasteiger partial charge in [-0.1, -0.05) is 0 Å². The number of imidazole rings is 1. The average molecular weight is 353 g/mol. The van der Waals surface area contributed by atoms with Crippen LogP contribution >= 0.6 is 11.3 Å². The predicted molar refractivity (Wildman–Crippen MR) is 96.4 cm³/mol. The number of nitrogens with zero attached hydrogens (tertiary/aromatic N) is 2. The Balaban J connectivity index is 1.54. The summed E-state index contributed by atoms with van der Waals surface area (Å²) in [7, 11) is 0. The summed E-state index contributed by atoms with van der Waals surface area (Å²) in [6.07, 6.45) is 4.91. The van der Waals surface area contributed by atoms with Gasteiger partial charge in [0.2, 0.25) is 0 Å². The highest BCUT2D eigenvalue weighted by molar-refractivity contribution is 7.15. The highest BCUT2D eigenvalue weighted by atomic mass is 32.1. The molecule has 126 valence electrons. The molecule has 6 nitrogen and oxygen atoms in total. The molecule has 4 heterocycles. The van der Waals surface area contributed by atoms with E-state index in [4.69, 9.17) is 9.15 Å². The molecule has 0 bridgehead atoms. The van der Waals surface area contributed by atoms with E-state index in [-0.39, 0.29) is 6.10 Å². The molecule has 4 aromatic rings. The fourth-order valence-electron chi connectivity index (χ4n) is 3.12. The molecule has 0 amide bonds. The molecule has 1 fully saturated rings. The van der Waals surface area contributed by atoms with E-state index in [1.807, 2.05) is 40.4 Å². The third-order valence-corrected chi connectivity index (χ3v) is 5.17. The molecule has 5 rings (SSSR count). The Kier molecular flexibility index (Phi) is 3.36. The standard InChI is InChI=1S/C18H15N3O3S/c22-17-14(15-10-21-5-6-25-18(21)20-15)7-11-1-2-12(8-16(11)24-17)23-13-3-4-19-9-13/h1-2,5-8,10,13,19H,3-4,9H2. The van der Waals surface area contributed by atoms with Gasteiger partial charge in [0.05, 0.1) is 11.3 Å². The van der Waals surface area contributed by atoms with Crippen LogP contribution in [-0.4, -0.2) is 28.6 Å². The second-order valence-corrected chi connectivity index (χ2v) is 6.97. The van der Waals surface area contributed by atoms with Crippen LogP contribution in [0.4, 0.5) is 0 Å². The zero-order valence-electron chi connectivity index (χ0n) is 13.3. The van der Waals surface area contributed by atoms with Gasteiger partial charge in [0, 0.05) is 35.8 Å². The van der Waals surface area contributed by atoms with Crippen molar-refractivity contribution in [3.63, 3.8) is 0 Å². The largest absolute Gasteiger partial charge is 0.489 e. The fraction of sp³-hybridized carbons (Fsp3) is 0.222. The lowest BCUT2D eigenvalue weighted by atomic mass is 10.1. The summed E-state index contributed by atoms with van der Waals surface area (Å²) in [6.45, 7) is 1.82. The number of ether oxygens (including phenoxy) is 1. The summed E-state index contributed by atoms with van der Waals surface area (Å²) >= 11 is 1.53. The molecule has 0 radical (unpaired) electrons. The fourth-order valence-corrected chi connectivity index (χ4v) is 3.82. The number of hydrogen-bond donors (Lipinski definition) is 1. The summed E-state index contributed by atoms with van der Waals surface area (Å²) in [5.41, 5.74) is 1.23. The number of nitrogens with one attached hydrogen (secondary N) is 1. The predicted octanol–water partition coefficient (Wildman–Crippen LogP) is 2.91. The van der Waals surface area contributed by atoms with Crippen molar-refractivity contribution in [1.82, 2.24) is 14.7 Å². The summed E-state index contributed by atoms with van der Waals surface area (Å²) in [5, 5.41) is 6.07. The molecule has 0 saturated carbocycles. The lowest BCUT2D eigenvalue weighted by Gasteiger charge is -2.12. The van der Waals surface area contributed by atoms with Gasteiger partial charge >= 0.3 is 5.63 Å². The molecule has 1 unspecified atom stereocenters.